The van der Waals surface area contributed by atoms with Gasteiger partial charge in [-0.3, -0.25) is 0 Å². The van der Waals surface area contributed by atoms with Gasteiger partial charge in [0.25, 0.3) is 0 Å². The molecule has 0 saturated carbocycles. The molecule has 0 atom stereocenters. The van der Waals surface area contributed by atoms with E-state index < -0.39 is 0 Å². The van der Waals surface area contributed by atoms with Gasteiger partial charge in [0.2, 0.25) is 0 Å². The van der Waals surface area contributed by atoms with Crippen molar-refractivity contribution in [3.63, 3.8) is 0 Å². The standard InChI is InChI=1S/C12H13NO2.2ClH/c1-3-15-12(14)10-8-13(2)11-7-5-4-6-9(10)11;;/h4-8H,3H2,1-2H3;2*1H. The van der Waals surface area contributed by atoms with Crippen LogP contribution in [0.1, 0.15) is 17.3 Å². The van der Waals surface area contributed by atoms with E-state index in [9.17, 15) is 4.79 Å². The quantitative estimate of drug-likeness (QED) is 0.789. The number of carbonyl (C=O) groups excluding carboxylic acids is 1. The third-order valence-electron chi connectivity index (χ3n) is 2.39. The number of hydrogen-bond acceptors (Lipinski definition) is 2. The summed E-state index contributed by atoms with van der Waals surface area (Å²) in [5.41, 5.74) is 1.68. The van der Waals surface area contributed by atoms with Gasteiger partial charge in [0.05, 0.1) is 12.2 Å². The maximum atomic E-state index is 11.6. The highest BCUT2D eigenvalue weighted by Crippen LogP contribution is 2.20. The lowest BCUT2D eigenvalue weighted by Gasteiger charge is -1.98. The summed E-state index contributed by atoms with van der Waals surface area (Å²) in [6.07, 6.45) is 1.81. The van der Waals surface area contributed by atoms with Crippen molar-refractivity contribution >= 4 is 41.7 Å². The normalized spacial score (nSPS) is 9.29. The summed E-state index contributed by atoms with van der Waals surface area (Å²) in [5.74, 6) is -0.255. The van der Waals surface area contributed by atoms with Crippen molar-refractivity contribution in [1.82, 2.24) is 4.57 Å². The van der Waals surface area contributed by atoms with Crippen LogP contribution in [0.2, 0.25) is 0 Å². The van der Waals surface area contributed by atoms with Crippen LogP contribution >= 0.6 is 24.8 Å². The van der Waals surface area contributed by atoms with Crippen LogP contribution in [0, 0.1) is 0 Å². The Balaban J connectivity index is 0.00000128. The molecule has 0 amide bonds. The molecule has 2 aromatic rings. The van der Waals surface area contributed by atoms with Crippen molar-refractivity contribution in [2.75, 3.05) is 6.61 Å². The van der Waals surface area contributed by atoms with Crippen LogP contribution in [0.4, 0.5) is 0 Å². The van der Waals surface area contributed by atoms with Crippen LogP contribution in [-0.4, -0.2) is 17.1 Å². The SMILES string of the molecule is CCOC(=O)c1cn(C)c2ccccc12.Cl.Cl. The van der Waals surface area contributed by atoms with Gasteiger partial charge in [-0.2, -0.15) is 0 Å². The fraction of sp³-hybridized carbons (Fsp3) is 0.250. The molecule has 0 spiro atoms. The summed E-state index contributed by atoms with van der Waals surface area (Å²) < 4.78 is 6.93. The number of aromatic nitrogens is 1. The van der Waals surface area contributed by atoms with Gasteiger partial charge in [0, 0.05) is 24.1 Å². The number of para-hydroxylation sites is 1. The van der Waals surface area contributed by atoms with E-state index in [4.69, 9.17) is 4.74 Å². The Morgan fingerprint density at radius 2 is 1.94 bits per heavy atom. The molecule has 94 valence electrons. The largest absolute Gasteiger partial charge is 0.462 e. The summed E-state index contributed by atoms with van der Waals surface area (Å²) in [7, 11) is 1.92. The zero-order chi connectivity index (χ0) is 10.8. The molecule has 2 rings (SSSR count). The van der Waals surface area contributed by atoms with E-state index >= 15 is 0 Å². The predicted molar refractivity (Wildman–Crippen MR) is 73.4 cm³/mol. The molecule has 0 aliphatic heterocycles. The number of benzene rings is 1. The molecule has 1 heterocycles. The Labute approximate surface area is 113 Å². The highest BCUT2D eigenvalue weighted by Gasteiger charge is 2.13. The molecular formula is C12H15Cl2NO2. The van der Waals surface area contributed by atoms with Gasteiger partial charge in [0.1, 0.15) is 0 Å². The second-order valence-electron chi connectivity index (χ2n) is 3.39. The van der Waals surface area contributed by atoms with Gasteiger partial charge in [0.15, 0.2) is 0 Å². The lowest BCUT2D eigenvalue weighted by atomic mass is 10.2. The number of esters is 1. The average molecular weight is 276 g/mol. The molecule has 0 bridgehead atoms. The van der Waals surface area contributed by atoms with Crippen LogP contribution in [0.25, 0.3) is 10.9 Å². The first-order chi connectivity index (χ1) is 7.24. The van der Waals surface area contributed by atoms with Crippen LogP contribution in [0.15, 0.2) is 30.5 Å². The van der Waals surface area contributed by atoms with Crippen LogP contribution in [0.5, 0.6) is 0 Å². The molecule has 0 radical (unpaired) electrons. The molecule has 0 aliphatic rings. The lowest BCUT2D eigenvalue weighted by molar-refractivity contribution is 0.0528. The van der Waals surface area contributed by atoms with Crippen molar-refractivity contribution < 1.29 is 9.53 Å². The molecule has 3 nitrogen and oxygen atoms in total. The first-order valence-corrected chi connectivity index (χ1v) is 4.95. The van der Waals surface area contributed by atoms with Crippen molar-refractivity contribution in [3.8, 4) is 0 Å². The Morgan fingerprint density at radius 1 is 1.29 bits per heavy atom. The number of aryl methyl sites for hydroxylation is 1. The number of rotatable bonds is 2. The molecule has 1 aromatic heterocycles. The molecule has 5 heteroatoms. The van der Waals surface area contributed by atoms with Crippen LogP contribution < -0.4 is 0 Å². The Morgan fingerprint density at radius 3 is 2.59 bits per heavy atom. The lowest BCUT2D eigenvalue weighted by Crippen LogP contribution is -2.03. The minimum Gasteiger partial charge on any atom is -0.462 e. The third kappa shape index (κ3) is 2.93. The first kappa shape index (κ1) is 15.8. The van der Waals surface area contributed by atoms with Crippen molar-refractivity contribution in [3.05, 3.63) is 36.0 Å². The fourth-order valence-electron chi connectivity index (χ4n) is 1.71. The van der Waals surface area contributed by atoms with Crippen molar-refractivity contribution in [1.29, 1.82) is 0 Å². The predicted octanol–water partition coefficient (Wildman–Crippen LogP) is 3.20. The van der Waals surface area contributed by atoms with E-state index in [2.05, 4.69) is 0 Å². The third-order valence-corrected chi connectivity index (χ3v) is 2.39. The summed E-state index contributed by atoms with van der Waals surface area (Å²) in [6, 6.07) is 7.79. The maximum absolute atomic E-state index is 11.6. The number of ether oxygens (including phenoxy) is 1. The summed E-state index contributed by atoms with van der Waals surface area (Å²) in [5, 5.41) is 0.943. The Bertz CT molecular complexity index is 508. The van der Waals surface area contributed by atoms with E-state index in [1.165, 1.54) is 0 Å². The molecule has 0 saturated heterocycles. The topological polar surface area (TPSA) is 31.2 Å². The van der Waals surface area contributed by atoms with E-state index in [-0.39, 0.29) is 30.8 Å². The smallest absolute Gasteiger partial charge is 0.340 e. The van der Waals surface area contributed by atoms with Gasteiger partial charge in [-0.05, 0) is 13.0 Å². The number of halogens is 2. The van der Waals surface area contributed by atoms with Crippen LogP contribution in [-0.2, 0) is 11.8 Å². The zero-order valence-electron chi connectivity index (χ0n) is 9.67. The highest BCUT2D eigenvalue weighted by atomic mass is 35.5. The highest BCUT2D eigenvalue weighted by molar-refractivity contribution is 6.04. The molecule has 0 N–H and O–H groups in total. The molecule has 17 heavy (non-hydrogen) atoms. The zero-order valence-corrected chi connectivity index (χ0v) is 11.3. The Hall–Kier alpha value is -1.19. The second kappa shape index (κ2) is 6.52. The molecule has 0 fully saturated rings. The monoisotopic (exact) mass is 275 g/mol. The summed E-state index contributed by atoms with van der Waals surface area (Å²) >= 11 is 0. The number of nitrogens with zero attached hydrogens (tertiary/aromatic N) is 1. The average Bonchev–Trinajstić information content (AvgIpc) is 2.58. The van der Waals surface area contributed by atoms with Gasteiger partial charge in [-0.1, -0.05) is 18.2 Å². The number of fused-ring (bicyclic) bond motifs is 1. The van der Waals surface area contributed by atoms with E-state index in [0.29, 0.717) is 12.2 Å². The van der Waals surface area contributed by atoms with Gasteiger partial charge < -0.3 is 9.30 Å². The number of hydrogen-bond donors (Lipinski definition) is 0. The molecule has 0 aliphatic carbocycles. The van der Waals surface area contributed by atoms with Crippen molar-refractivity contribution in [2.24, 2.45) is 7.05 Å². The summed E-state index contributed by atoms with van der Waals surface area (Å²) in [4.78, 5) is 11.6. The minimum absolute atomic E-state index is 0. The van der Waals surface area contributed by atoms with Gasteiger partial charge in [-0.15, -0.1) is 24.8 Å². The van der Waals surface area contributed by atoms with E-state index in [1.54, 1.807) is 0 Å². The van der Waals surface area contributed by atoms with E-state index in [0.717, 1.165) is 10.9 Å². The van der Waals surface area contributed by atoms with Crippen LogP contribution in [0.3, 0.4) is 0 Å². The molecule has 0 unspecified atom stereocenters. The molecule has 1 aromatic carbocycles. The van der Waals surface area contributed by atoms with Crippen molar-refractivity contribution in [2.45, 2.75) is 6.92 Å². The second-order valence-corrected chi connectivity index (χ2v) is 3.39. The summed E-state index contributed by atoms with van der Waals surface area (Å²) in [6.45, 7) is 2.21. The van der Waals surface area contributed by atoms with E-state index in [1.807, 2.05) is 49.0 Å². The molecular weight excluding hydrogens is 261 g/mol. The van der Waals surface area contributed by atoms with Gasteiger partial charge in [-0.25, -0.2) is 4.79 Å². The van der Waals surface area contributed by atoms with Gasteiger partial charge >= 0.3 is 5.97 Å². The fourth-order valence-corrected chi connectivity index (χ4v) is 1.71. The Kier molecular flexibility index (Phi) is 6.07. The maximum Gasteiger partial charge on any atom is 0.340 e. The minimum atomic E-state index is -0.255. The number of carbonyl (C=O) groups is 1. The first-order valence-electron chi connectivity index (χ1n) is 4.95.